The number of nitrogens with one attached hydrogen (secondary N) is 1. The lowest BCUT2D eigenvalue weighted by molar-refractivity contribution is 0.0638. The Morgan fingerprint density at radius 2 is 2.19 bits per heavy atom. The van der Waals surface area contributed by atoms with Crippen LogP contribution in [0.3, 0.4) is 0 Å². The summed E-state index contributed by atoms with van der Waals surface area (Å²) in [4.78, 5) is 20.0. The van der Waals surface area contributed by atoms with Crippen LogP contribution in [-0.2, 0) is 11.3 Å². The molecule has 1 aliphatic rings. The number of aromatic nitrogens is 1. The highest BCUT2D eigenvalue weighted by atomic mass is 35.5. The van der Waals surface area contributed by atoms with E-state index in [1.54, 1.807) is 0 Å². The fourth-order valence-electron chi connectivity index (χ4n) is 4.17. The fraction of sp³-hybridized carbons (Fsp3) is 0.440. The van der Waals surface area contributed by atoms with E-state index in [1.165, 1.54) is 0 Å². The van der Waals surface area contributed by atoms with E-state index in [1.807, 2.05) is 47.4 Å². The summed E-state index contributed by atoms with van der Waals surface area (Å²) < 4.78 is 11.3. The van der Waals surface area contributed by atoms with Crippen LogP contribution < -0.4 is 5.32 Å². The lowest BCUT2D eigenvalue weighted by Gasteiger charge is -2.31. The van der Waals surface area contributed by atoms with Crippen molar-refractivity contribution in [2.45, 2.75) is 45.7 Å². The standard InChI is InChI=1S/C25H30ClN3O3/c1-3-5-17(2)29(15-19-10-11-31-16-19)24(30)20-8-9-23-22(13-20)28-25(32-23)27-14-18-6-4-7-21(26)12-18/h4,6-9,12-13,17,19H,3,5,10-11,14-16H2,1-2H3,(H,27,28). The van der Waals surface area contributed by atoms with Gasteiger partial charge in [-0.05, 0) is 55.7 Å². The summed E-state index contributed by atoms with van der Waals surface area (Å²) in [6.45, 7) is 7.06. The van der Waals surface area contributed by atoms with Gasteiger partial charge in [-0.3, -0.25) is 4.79 Å². The topological polar surface area (TPSA) is 67.6 Å². The van der Waals surface area contributed by atoms with Crippen molar-refractivity contribution in [1.29, 1.82) is 0 Å². The number of oxazole rings is 1. The van der Waals surface area contributed by atoms with E-state index in [2.05, 4.69) is 24.1 Å². The number of hydrogen-bond donors (Lipinski definition) is 1. The van der Waals surface area contributed by atoms with E-state index in [-0.39, 0.29) is 11.9 Å². The van der Waals surface area contributed by atoms with Crippen LogP contribution in [0.2, 0.25) is 5.02 Å². The predicted octanol–water partition coefficient (Wildman–Crippen LogP) is 5.76. The monoisotopic (exact) mass is 455 g/mol. The molecule has 1 N–H and O–H groups in total. The summed E-state index contributed by atoms with van der Waals surface area (Å²) in [7, 11) is 0. The molecule has 32 heavy (non-hydrogen) atoms. The average Bonchev–Trinajstić information content (AvgIpc) is 3.44. The molecule has 2 atom stereocenters. The lowest BCUT2D eigenvalue weighted by atomic mass is 10.0. The average molecular weight is 456 g/mol. The first-order chi connectivity index (χ1) is 15.5. The number of benzene rings is 2. The summed E-state index contributed by atoms with van der Waals surface area (Å²) in [6, 6.07) is 13.7. The third kappa shape index (κ3) is 5.43. The van der Waals surface area contributed by atoms with Crippen molar-refractivity contribution < 1.29 is 13.9 Å². The number of ether oxygens (including phenoxy) is 1. The molecule has 2 aromatic carbocycles. The van der Waals surface area contributed by atoms with Gasteiger partial charge in [0.25, 0.3) is 11.9 Å². The third-order valence-electron chi connectivity index (χ3n) is 5.95. The summed E-state index contributed by atoms with van der Waals surface area (Å²) in [5, 5.41) is 3.88. The summed E-state index contributed by atoms with van der Waals surface area (Å²) in [6.07, 6.45) is 3.02. The normalized spacial score (nSPS) is 16.9. The molecule has 4 rings (SSSR count). The molecule has 2 heterocycles. The number of fused-ring (bicyclic) bond motifs is 1. The number of halogens is 1. The van der Waals surface area contributed by atoms with Crippen molar-refractivity contribution >= 4 is 34.6 Å². The van der Waals surface area contributed by atoms with Crippen molar-refractivity contribution in [3.63, 3.8) is 0 Å². The molecule has 7 heteroatoms. The number of carbonyl (C=O) groups is 1. The molecule has 1 aromatic heterocycles. The Morgan fingerprint density at radius 1 is 1.31 bits per heavy atom. The van der Waals surface area contributed by atoms with Crippen LogP contribution in [0.25, 0.3) is 11.1 Å². The number of hydrogen-bond acceptors (Lipinski definition) is 5. The Bertz CT molecular complexity index is 1060. The Labute approximate surface area is 193 Å². The maximum absolute atomic E-state index is 13.4. The van der Waals surface area contributed by atoms with Gasteiger partial charge in [0, 0.05) is 42.2 Å². The summed E-state index contributed by atoms with van der Waals surface area (Å²) >= 11 is 6.05. The largest absolute Gasteiger partial charge is 0.424 e. The number of carbonyl (C=O) groups excluding carboxylic acids is 1. The molecule has 0 bridgehead atoms. The van der Waals surface area contributed by atoms with Gasteiger partial charge in [-0.25, -0.2) is 0 Å². The van der Waals surface area contributed by atoms with Gasteiger partial charge in [0.2, 0.25) is 0 Å². The van der Waals surface area contributed by atoms with Crippen LogP contribution in [0.4, 0.5) is 6.01 Å². The van der Waals surface area contributed by atoms with E-state index in [4.69, 9.17) is 20.8 Å². The first-order valence-electron chi connectivity index (χ1n) is 11.3. The van der Waals surface area contributed by atoms with Gasteiger partial charge >= 0.3 is 0 Å². The van der Waals surface area contributed by atoms with Gasteiger partial charge in [-0.15, -0.1) is 0 Å². The van der Waals surface area contributed by atoms with Crippen molar-refractivity contribution in [2.75, 3.05) is 25.1 Å². The van der Waals surface area contributed by atoms with Crippen LogP contribution in [0, 0.1) is 5.92 Å². The van der Waals surface area contributed by atoms with E-state index in [9.17, 15) is 4.79 Å². The molecule has 170 valence electrons. The van der Waals surface area contributed by atoms with E-state index >= 15 is 0 Å². The Morgan fingerprint density at radius 3 is 2.94 bits per heavy atom. The molecule has 2 unspecified atom stereocenters. The first kappa shape index (κ1) is 22.6. The predicted molar refractivity (Wildman–Crippen MR) is 127 cm³/mol. The number of anilines is 1. The number of amides is 1. The van der Waals surface area contributed by atoms with E-state index < -0.39 is 0 Å². The van der Waals surface area contributed by atoms with Crippen LogP contribution in [-0.4, -0.2) is 41.6 Å². The highest BCUT2D eigenvalue weighted by Gasteiger charge is 2.27. The highest BCUT2D eigenvalue weighted by molar-refractivity contribution is 6.30. The van der Waals surface area contributed by atoms with Crippen LogP contribution in [0.15, 0.2) is 46.9 Å². The first-order valence-corrected chi connectivity index (χ1v) is 11.7. The van der Waals surface area contributed by atoms with Gasteiger partial charge < -0.3 is 19.4 Å². The van der Waals surface area contributed by atoms with Gasteiger partial charge in [-0.2, -0.15) is 4.98 Å². The van der Waals surface area contributed by atoms with Gasteiger partial charge in [-0.1, -0.05) is 37.1 Å². The maximum Gasteiger partial charge on any atom is 0.295 e. The van der Waals surface area contributed by atoms with E-state index in [0.717, 1.165) is 44.6 Å². The SMILES string of the molecule is CCCC(C)N(CC1CCOC1)C(=O)c1ccc2oc(NCc3cccc(Cl)c3)nc2c1. The number of nitrogens with zero attached hydrogens (tertiary/aromatic N) is 2. The third-order valence-corrected chi connectivity index (χ3v) is 6.18. The van der Waals surface area contributed by atoms with Crippen LogP contribution in [0.5, 0.6) is 0 Å². The van der Waals surface area contributed by atoms with Crippen LogP contribution in [0.1, 0.15) is 49.0 Å². The molecular formula is C25H30ClN3O3. The molecule has 0 radical (unpaired) electrons. The second kappa shape index (κ2) is 10.4. The second-order valence-electron chi connectivity index (χ2n) is 8.51. The number of rotatable bonds is 9. The highest BCUT2D eigenvalue weighted by Crippen LogP contribution is 2.24. The summed E-state index contributed by atoms with van der Waals surface area (Å²) in [5.74, 6) is 0.438. The Hall–Kier alpha value is -2.57. The molecule has 6 nitrogen and oxygen atoms in total. The zero-order valence-electron chi connectivity index (χ0n) is 18.6. The van der Waals surface area contributed by atoms with Crippen molar-refractivity contribution in [1.82, 2.24) is 9.88 Å². The second-order valence-corrected chi connectivity index (χ2v) is 8.95. The molecule has 3 aromatic rings. The minimum absolute atomic E-state index is 0.0381. The molecule has 1 saturated heterocycles. The van der Waals surface area contributed by atoms with Crippen molar-refractivity contribution in [2.24, 2.45) is 5.92 Å². The molecule has 0 spiro atoms. The smallest absolute Gasteiger partial charge is 0.295 e. The summed E-state index contributed by atoms with van der Waals surface area (Å²) in [5.41, 5.74) is 2.98. The van der Waals surface area contributed by atoms with Gasteiger partial charge in [0.05, 0.1) is 6.61 Å². The molecular weight excluding hydrogens is 426 g/mol. The van der Waals surface area contributed by atoms with Gasteiger partial charge in [0.15, 0.2) is 5.58 Å². The molecule has 0 aliphatic carbocycles. The lowest BCUT2D eigenvalue weighted by Crippen LogP contribution is -2.42. The van der Waals surface area contributed by atoms with Crippen molar-refractivity contribution in [3.05, 3.63) is 58.6 Å². The van der Waals surface area contributed by atoms with E-state index in [0.29, 0.717) is 40.2 Å². The Kier molecular flexibility index (Phi) is 7.33. The fourth-order valence-corrected chi connectivity index (χ4v) is 4.38. The Balaban J connectivity index is 1.50. The zero-order valence-corrected chi connectivity index (χ0v) is 19.4. The minimum Gasteiger partial charge on any atom is -0.424 e. The maximum atomic E-state index is 13.4. The van der Waals surface area contributed by atoms with Gasteiger partial charge in [0.1, 0.15) is 5.52 Å². The molecule has 1 aliphatic heterocycles. The van der Waals surface area contributed by atoms with Crippen LogP contribution >= 0.6 is 11.6 Å². The zero-order chi connectivity index (χ0) is 22.5. The van der Waals surface area contributed by atoms with Crippen molar-refractivity contribution in [3.8, 4) is 0 Å². The minimum atomic E-state index is 0.0381. The molecule has 1 fully saturated rings. The quantitative estimate of drug-likeness (QED) is 0.444. The molecule has 1 amide bonds. The molecule has 0 saturated carbocycles.